The maximum atomic E-state index is 3.99. The van der Waals surface area contributed by atoms with Crippen LogP contribution in [0, 0.1) is 132 Å². The van der Waals surface area contributed by atoms with Crippen LogP contribution in [0.2, 0.25) is 0 Å². The number of nitrogens with zero attached hydrogens (tertiary/aromatic N) is 1. The van der Waals surface area contributed by atoms with Gasteiger partial charge in [0.05, 0.1) is 17.1 Å². The highest BCUT2D eigenvalue weighted by Crippen LogP contribution is 2.50. The molecule has 0 atom stereocenters. The van der Waals surface area contributed by atoms with Crippen molar-refractivity contribution in [2.24, 2.45) is 0 Å². The standard InChI is InChI=1S/C43H58N2/c1-20-23(4)29(10)39(30(11)24(20)5)44-40-31(12)37(18)43(38(19)32(40)13)45(41-33(14)25(6)21(2)26(7)34(41)15)42-35(16)27(8)22(3)28(9)36(42)17/h44H,1-19H3. The van der Waals surface area contributed by atoms with Crippen LogP contribution in [0.5, 0.6) is 0 Å². The normalized spacial score (nSPS) is 11.4. The van der Waals surface area contributed by atoms with Crippen LogP contribution in [-0.2, 0) is 0 Å². The summed E-state index contributed by atoms with van der Waals surface area (Å²) in [4.78, 5) is 2.65. The van der Waals surface area contributed by atoms with Gasteiger partial charge in [0, 0.05) is 11.4 Å². The second kappa shape index (κ2) is 12.0. The van der Waals surface area contributed by atoms with Crippen molar-refractivity contribution in [3.8, 4) is 0 Å². The van der Waals surface area contributed by atoms with Crippen LogP contribution < -0.4 is 10.2 Å². The van der Waals surface area contributed by atoms with E-state index < -0.39 is 0 Å². The second-order valence-electron chi connectivity index (χ2n) is 14.1. The number of benzene rings is 4. The van der Waals surface area contributed by atoms with Crippen molar-refractivity contribution in [1.82, 2.24) is 0 Å². The molecule has 0 saturated carbocycles. The molecule has 0 aliphatic heterocycles. The molecule has 0 aromatic heterocycles. The molecule has 4 aromatic rings. The smallest absolute Gasteiger partial charge is 0.0527 e. The highest BCUT2D eigenvalue weighted by Gasteiger charge is 2.30. The molecule has 2 heteroatoms. The lowest BCUT2D eigenvalue weighted by atomic mass is 9.87. The van der Waals surface area contributed by atoms with Gasteiger partial charge < -0.3 is 10.2 Å². The molecular formula is C43H58N2. The van der Waals surface area contributed by atoms with Gasteiger partial charge in [-0.1, -0.05) is 0 Å². The van der Waals surface area contributed by atoms with Gasteiger partial charge in [-0.15, -0.1) is 0 Å². The number of hydrogen-bond donors (Lipinski definition) is 1. The number of anilines is 5. The Bertz CT molecular complexity index is 1710. The van der Waals surface area contributed by atoms with E-state index in [2.05, 4.69) is 142 Å². The Hall–Kier alpha value is -3.52. The molecular weight excluding hydrogens is 544 g/mol. The van der Waals surface area contributed by atoms with E-state index in [1.807, 2.05) is 0 Å². The fraction of sp³-hybridized carbons (Fsp3) is 0.442. The third-order valence-electron chi connectivity index (χ3n) is 12.4. The summed E-state index contributed by atoms with van der Waals surface area (Å²) in [5.74, 6) is 0. The molecule has 0 saturated heterocycles. The fourth-order valence-corrected chi connectivity index (χ4v) is 7.59. The molecule has 0 aliphatic carbocycles. The Morgan fingerprint density at radius 3 is 0.622 bits per heavy atom. The van der Waals surface area contributed by atoms with Gasteiger partial charge >= 0.3 is 0 Å². The first kappa shape index (κ1) is 34.4. The highest BCUT2D eigenvalue weighted by atomic mass is 15.2. The molecule has 0 radical (unpaired) electrons. The van der Waals surface area contributed by atoms with Crippen molar-refractivity contribution in [1.29, 1.82) is 0 Å². The maximum absolute atomic E-state index is 3.99. The van der Waals surface area contributed by atoms with Crippen LogP contribution in [0.4, 0.5) is 28.4 Å². The lowest BCUT2D eigenvalue weighted by Crippen LogP contribution is -2.21. The topological polar surface area (TPSA) is 15.3 Å². The molecule has 45 heavy (non-hydrogen) atoms. The predicted octanol–water partition coefficient (Wildman–Crippen LogP) is 12.8. The molecule has 0 bridgehead atoms. The fourth-order valence-electron chi connectivity index (χ4n) is 7.59. The van der Waals surface area contributed by atoms with E-state index in [4.69, 9.17) is 0 Å². The van der Waals surface area contributed by atoms with Crippen molar-refractivity contribution in [2.45, 2.75) is 132 Å². The molecule has 240 valence electrons. The van der Waals surface area contributed by atoms with Gasteiger partial charge in [-0.2, -0.15) is 0 Å². The molecule has 0 fully saturated rings. The second-order valence-corrected chi connectivity index (χ2v) is 14.1. The third-order valence-corrected chi connectivity index (χ3v) is 12.4. The van der Waals surface area contributed by atoms with Crippen molar-refractivity contribution < 1.29 is 0 Å². The van der Waals surface area contributed by atoms with Gasteiger partial charge in [-0.3, -0.25) is 0 Å². The van der Waals surface area contributed by atoms with E-state index in [1.54, 1.807) is 0 Å². The number of rotatable bonds is 5. The van der Waals surface area contributed by atoms with Crippen LogP contribution in [0.15, 0.2) is 0 Å². The van der Waals surface area contributed by atoms with Gasteiger partial charge in [-0.25, -0.2) is 0 Å². The van der Waals surface area contributed by atoms with Crippen molar-refractivity contribution >= 4 is 28.4 Å². The molecule has 0 unspecified atom stereocenters. The predicted molar refractivity (Wildman–Crippen MR) is 201 cm³/mol. The summed E-state index contributed by atoms with van der Waals surface area (Å²) in [6, 6.07) is 0. The summed E-state index contributed by atoms with van der Waals surface area (Å²) in [6.07, 6.45) is 0. The van der Waals surface area contributed by atoms with Crippen molar-refractivity contribution in [3.63, 3.8) is 0 Å². The van der Waals surface area contributed by atoms with E-state index >= 15 is 0 Å². The summed E-state index contributed by atoms with van der Waals surface area (Å²) in [5, 5.41) is 3.99. The molecule has 2 nitrogen and oxygen atoms in total. The quantitative estimate of drug-likeness (QED) is 0.244. The first-order valence-electron chi connectivity index (χ1n) is 16.7. The minimum atomic E-state index is 1.23. The molecule has 0 heterocycles. The zero-order chi connectivity index (χ0) is 34.1. The zero-order valence-corrected chi connectivity index (χ0v) is 31.9. The SMILES string of the molecule is Cc1c(C)c(C)c(Nc2c(C)c(C)c(N(c3c(C)c(C)c(C)c(C)c3C)c3c(C)c(C)c(C)c(C)c3C)c(C)c2C)c(C)c1C. The summed E-state index contributed by atoms with van der Waals surface area (Å²) in [5.41, 5.74) is 32.3. The number of nitrogens with one attached hydrogen (secondary N) is 1. The molecule has 0 aliphatic rings. The maximum Gasteiger partial charge on any atom is 0.0527 e. The van der Waals surface area contributed by atoms with E-state index in [1.165, 1.54) is 134 Å². The average Bonchev–Trinajstić information content (AvgIpc) is 3.01. The van der Waals surface area contributed by atoms with Gasteiger partial charge in [0.2, 0.25) is 0 Å². The van der Waals surface area contributed by atoms with E-state index in [0.717, 1.165) is 0 Å². The summed E-state index contributed by atoms with van der Waals surface area (Å²) >= 11 is 0. The summed E-state index contributed by atoms with van der Waals surface area (Å²) < 4.78 is 0. The van der Waals surface area contributed by atoms with Crippen LogP contribution in [0.25, 0.3) is 0 Å². The molecule has 4 aromatic carbocycles. The highest BCUT2D eigenvalue weighted by molar-refractivity contribution is 5.91. The van der Waals surface area contributed by atoms with E-state index in [0.29, 0.717) is 0 Å². The largest absolute Gasteiger partial charge is 0.355 e. The molecule has 0 amide bonds. The van der Waals surface area contributed by atoms with Crippen molar-refractivity contribution in [3.05, 3.63) is 106 Å². The van der Waals surface area contributed by atoms with Gasteiger partial charge in [0.25, 0.3) is 0 Å². The first-order chi connectivity index (χ1) is 20.8. The Morgan fingerprint density at radius 1 is 0.222 bits per heavy atom. The van der Waals surface area contributed by atoms with Crippen molar-refractivity contribution in [2.75, 3.05) is 10.2 Å². The molecule has 4 rings (SSSR count). The zero-order valence-electron chi connectivity index (χ0n) is 31.9. The molecule has 0 spiro atoms. The third kappa shape index (κ3) is 5.09. The Morgan fingerprint density at radius 2 is 0.378 bits per heavy atom. The Kier molecular flexibility index (Phi) is 9.17. The van der Waals surface area contributed by atoms with Crippen LogP contribution in [-0.4, -0.2) is 0 Å². The average molecular weight is 603 g/mol. The Balaban J connectivity index is 2.17. The molecule has 1 N–H and O–H groups in total. The lowest BCUT2D eigenvalue weighted by molar-refractivity contribution is 1.07. The van der Waals surface area contributed by atoms with E-state index in [9.17, 15) is 0 Å². The summed E-state index contributed by atoms with van der Waals surface area (Å²) in [7, 11) is 0. The van der Waals surface area contributed by atoms with Gasteiger partial charge in [0.1, 0.15) is 0 Å². The van der Waals surface area contributed by atoms with Crippen LogP contribution in [0.1, 0.15) is 106 Å². The first-order valence-corrected chi connectivity index (χ1v) is 16.7. The Labute approximate surface area is 275 Å². The van der Waals surface area contributed by atoms with Crippen LogP contribution >= 0.6 is 0 Å². The minimum absolute atomic E-state index is 1.23. The van der Waals surface area contributed by atoms with E-state index in [-0.39, 0.29) is 0 Å². The number of hydrogen-bond acceptors (Lipinski definition) is 2. The lowest BCUT2D eigenvalue weighted by Gasteiger charge is -2.38. The summed E-state index contributed by atoms with van der Waals surface area (Å²) in [6.45, 7) is 43.6. The van der Waals surface area contributed by atoms with Crippen LogP contribution in [0.3, 0.4) is 0 Å². The van der Waals surface area contributed by atoms with Gasteiger partial charge in [-0.05, 0) is 237 Å². The monoisotopic (exact) mass is 602 g/mol. The van der Waals surface area contributed by atoms with Gasteiger partial charge in [0.15, 0.2) is 0 Å². The minimum Gasteiger partial charge on any atom is -0.355 e.